The number of benzene rings is 2. The summed E-state index contributed by atoms with van der Waals surface area (Å²) in [7, 11) is 4.61. The molecule has 5 nitrogen and oxygen atoms in total. The van der Waals surface area contributed by atoms with E-state index in [1.54, 1.807) is 14.2 Å². The number of hydrogen-bond acceptors (Lipinski definition) is 4. The Hall–Kier alpha value is -2.69. The molecule has 116 valence electrons. The van der Waals surface area contributed by atoms with Crippen LogP contribution < -0.4 is 14.2 Å². The van der Waals surface area contributed by atoms with E-state index in [1.165, 1.54) is 20.1 Å². The number of carboxylic acids is 1. The number of ether oxygens (including phenoxy) is 3. The molecular formula is C17H18O5. The Morgan fingerprint density at radius 3 is 1.91 bits per heavy atom. The lowest BCUT2D eigenvalue weighted by Crippen LogP contribution is -2.01. The average molecular weight is 302 g/mol. The third-order valence-corrected chi connectivity index (χ3v) is 3.42. The maximum atomic E-state index is 11.1. The van der Waals surface area contributed by atoms with Crippen LogP contribution in [0.25, 0.3) is 16.8 Å². The summed E-state index contributed by atoms with van der Waals surface area (Å²) in [6.45, 7) is 1.52. The van der Waals surface area contributed by atoms with Gasteiger partial charge in [-0.1, -0.05) is 24.3 Å². The number of fused-ring (bicyclic) bond motifs is 1. The topological polar surface area (TPSA) is 65.0 Å². The van der Waals surface area contributed by atoms with E-state index >= 15 is 0 Å². The molecular weight excluding hydrogens is 284 g/mol. The number of hydrogen-bond donors (Lipinski definition) is 1. The van der Waals surface area contributed by atoms with E-state index < -0.39 is 5.97 Å². The minimum atomic E-state index is -1.00. The summed E-state index contributed by atoms with van der Waals surface area (Å²) in [5.74, 6) is 0.534. The number of aliphatic carboxylic acids is 1. The van der Waals surface area contributed by atoms with Crippen molar-refractivity contribution >= 4 is 22.8 Å². The largest absolute Gasteiger partial charge is 0.495 e. The zero-order valence-corrected chi connectivity index (χ0v) is 13.0. The second-order valence-corrected chi connectivity index (χ2v) is 4.69. The molecule has 2 aromatic carbocycles. The highest BCUT2D eigenvalue weighted by molar-refractivity contribution is 6.01. The first-order chi connectivity index (χ1) is 10.5. The Bertz CT molecular complexity index is 746. The van der Waals surface area contributed by atoms with Gasteiger partial charge < -0.3 is 19.3 Å². The molecule has 5 heteroatoms. The highest BCUT2D eigenvalue weighted by Crippen LogP contribution is 2.46. The van der Waals surface area contributed by atoms with E-state index in [9.17, 15) is 4.79 Å². The third kappa shape index (κ3) is 2.57. The van der Waals surface area contributed by atoms with Gasteiger partial charge in [-0.05, 0) is 13.0 Å². The van der Waals surface area contributed by atoms with E-state index in [2.05, 4.69) is 0 Å². The quantitative estimate of drug-likeness (QED) is 0.858. The molecule has 1 N–H and O–H groups in total. The molecule has 0 radical (unpaired) electrons. The van der Waals surface area contributed by atoms with E-state index in [0.717, 1.165) is 10.8 Å². The van der Waals surface area contributed by atoms with Gasteiger partial charge >= 0.3 is 5.97 Å². The van der Waals surface area contributed by atoms with Gasteiger partial charge in [0.2, 0.25) is 0 Å². The standard InChI is InChI=1S/C17H18O5/c1-10(17(18)19)9-13-14(20-2)11-7-5-6-8-12(11)15(21-3)16(13)22-4/h5-9H,1-4H3,(H,18,19)/b10-9-. The Labute approximate surface area is 128 Å². The van der Waals surface area contributed by atoms with Gasteiger partial charge in [-0.2, -0.15) is 0 Å². The summed E-state index contributed by atoms with van der Waals surface area (Å²) in [6.07, 6.45) is 1.52. The van der Waals surface area contributed by atoms with Gasteiger partial charge in [-0.3, -0.25) is 0 Å². The monoisotopic (exact) mass is 302 g/mol. The van der Waals surface area contributed by atoms with Crippen LogP contribution in [0.1, 0.15) is 12.5 Å². The maximum absolute atomic E-state index is 11.1. The van der Waals surface area contributed by atoms with Crippen LogP contribution in [0.3, 0.4) is 0 Å². The lowest BCUT2D eigenvalue weighted by atomic mass is 10.0. The lowest BCUT2D eigenvalue weighted by Gasteiger charge is -2.18. The van der Waals surface area contributed by atoms with E-state index in [-0.39, 0.29) is 5.57 Å². The van der Waals surface area contributed by atoms with Gasteiger partial charge in [-0.15, -0.1) is 0 Å². The van der Waals surface area contributed by atoms with Crippen molar-refractivity contribution in [2.45, 2.75) is 6.92 Å². The minimum absolute atomic E-state index is 0.175. The van der Waals surface area contributed by atoms with Crippen LogP contribution in [-0.2, 0) is 4.79 Å². The Morgan fingerprint density at radius 2 is 1.45 bits per heavy atom. The van der Waals surface area contributed by atoms with Gasteiger partial charge in [0.1, 0.15) is 5.75 Å². The molecule has 0 aliphatic rings. The molecule has 0 saturated carbocycles. The Kier molecular flexibility index (Phi) is 4.56. The number of methoxy groups -OCH3 is 3. The van der Waals surface area contributed by atoms with Crippen LogP contribution >= 0.6 is 0 Å². The molecule has 0 spiro atoms. The van der Waals surface area contributed by atoms with Crippen LogP contribution in [0.5, 0.6) is 17.2 Å². The molecule has 2 rings (SSSR count). The molecule has 2 aromatic rings. The molecule has 0 amide bonds. The fourth-order valence-corrected chi connectivity index (χ4v) is 2.41. The molecule has 0 heterocycles. The summed E-state index contributed by atoms with van der Waals surface area (Å²) in [6, 6.07) is 7.57. The summed E-state index contributed by atoms with van der Waals surface area (Å²) in [4.78, 5) is 11.1. The first kappa shape index (κ1) is 15.7. The fourth-order valence-electron chi connectivity index (χ4n) is 2.41. The summed E-state index contributed by atoms with van der Waals surface area (Å²) in [5, 5.41) is 10.8. The van der Waals surface area contributed by atoms with Crippen molar-refractivity contribution in [1.29, 1.82) is 0 Å². The first-order valence-electron chi connectivity index (χ1n) is 6.67. The second-order valence-electron chi connectivity index (χ2n) is 4.69. The van der Waals surface area contributed by atoms with Crippen molar-refractivity contribution in [1.82, 2.24) is 0 Å². The fraction of sp³-hybridized carbons (Fsp3) is 0.235. The van der Waals surface area contributed by atoms with E-state index in [0.29, 0.717) is 22.8 Å². The maximum Gasteiger partial charge on any atom is 0.331 e. The Morgan fingerprint density at radius 1 is 0.955 bits per heavy atom. The minimum Gasteiger partial charge on any atom is -0.495 e. The molecule has 22 heavy (non-hydrogen) atoms. The highest BCUT2D eigenvalue weighted by atomic mass is 16.5. The summed E-state index contributed by atoms with van der Waals surface area (Å²) in [5.41, 5.74) is 0.717. The molecule has 0 unspecified atom stereocenters. The Balaban J connectivity index is 2.94. The normalized spacial score (nSPS) is 11.4. The third-order valence-electron chi connectivity index (χ3n) is 3.42. The highest BCUT2D eigenvalue weighted by Gasteiger charge is 2.21. The van der Waals surface area contributed by atoms with Gasteiger partial charge in [0.15, 0.2) is 11.5 Å². The number of carboxylic acid groups (broad SMARTS) is 1. The van der Waals surface area contributed by atoms with Crippen LogP contribution in [0, 0.1) is 0 Å². The van der Waals surface area contributed by atoms with Gasteiger partial charge in [0.05, 0.1) is 26.9 Å². The summed E-state index contributed by atoms with van der Waals surface area (Å²) < 4.78 is 16.4. The van der Waals surface area contributed by atoms with Crippen molar-refractivity contribution in [3.63, 3.8) is 0 Å². The van der Waals surface area contributed by atoms with Crippen molar-refractivity contribution in [3.05, 3.63) is 35.4 Å². The number of carbonyl (C=O) groups is 1. The molecule has 0 bridgehead atoms. The molecule has 0 saturated heterocycles. The second kappa shape index (κ2) is 6.39. The zero-order chi connectivity index (χ0) is 16.3. The molecule has 0 aliphatic carbocycles. The zero-order valence-electron chi connectivity index (χ0n) is 13.0. The average Bonchev–Trinajstić information content (AvgIpc) is 2.53. The molecule has 0 aromatic heterocycles. The SMILES string of the molecule is COc1c(/C=C(/C)C(=O)O)c(OC)c2ccccc2c1OC. The van der Waals surface area contributed by atoms with Crippen LogP contribution in [0.4, 0.5) is 0 Å². The van der Waals surface area contributed by atoms with Crippen molar-refractivity contribution in [2.24, 2.45) is 0 Å². The van der Waals surface area contributed by atoms with E-state index in [1.807, 2.05) is 24.3 Å². The number of rotatable bonds is 5. The lowest BCUT2D eigenvalue weighted by molar-refractivity contribution is -0.132. The molecule has 0 fully saturated rings. The van der Waals surface area contributed by atoms with Crippen LogP contribution in [0.2, 0.25) is 0 Å². The van der Waals surface area contributed by atoms with E-state index in [4.69, 9.17) is 19.3 Å². The van der Waals surface area contributed by atoms with Crippen molar-refractivity contribution < 1.29 is 24.1 Å². The van der Waals surface area contributed by atoms with Gasteiger partial charge in [0, 0.05) is 16.3 Å². The predicted octanol–water partition coefficient (Wildman–Crippen LogP) is 3.35. The van der Waals surface area contributed by atoms with Gasteiger partial charge in [-0.25, -0.2) is 4.79 Å². The van der Waals surface area contributed by atoms with Crippen molar-refractivity contribution in [3.8, 4) is 17.2 Å². The van der Waals surface area contributed by atoms with Crippen molar-refractivity contribution in [2.75, 3.05) is 21.3 Å². The van der Waals surface area contributed by atoms with Gasteiger partial charge in [0.25, 0.3) is 0 Å². The van der Waals surface area contributed by atoms with Crippen LogP contribution in [0.15, 0.2) is 29.8 Å². The van der Waals surface area contributed by atoms with Crippen LogP contribution in [-0.4, -0.2) is 32.4 Å². The first-order valence-corrected chi connectivity index (χ1v) is 6.67. The smallest absolute Gasteiger partial charge is 0.331 e. The summed E-state index contributed by atoms with van der Waals surface area (Å²) >= 11 is 0. The predicted molar refractivity (Wildman–Crippen MR) is 84.9 cm³/mol. The molecule has 0 atom stereocenters. The molecule has 0 aliphatic heterocycles.